The summed E-state index contributed by atoms with van der Waals surface area (Å²) in [5.74, 6) is 1.68. The average Bonchev–Trinajstić information content (AvgIpc) is 2.60. The smallest absolute Gasteiger partial charge is 0.229 e. The maximum absolute atomic E-state index is 9.44. The number of nitrogens with zero attached hydrogens (tertiary/aromatic N) is 2. The predicted molar refractivity (Wildman–Crippen MR) is 61.2 cm³/mol. The largest absolute Gasteiger partial charge is 0.492 e. The molecule has 4 nitrogen and oxygen atoms in total. The highest BCUT2D eigenvalue weighted by molar-refractivity contribution is 5.15. The molecule has 1 saturated carbocycles. The summed E-state index contributed by atoms with van der Waals surface area (Å²) in [4.78, 5) is 4.20. The number of aromatic nitrogens is 2. The Labute approximate surface area is 96.3 Å². The van der Waals surface area contributed by atoms with Crippen molar-refractivity contribution in [1.82, 2.24) is 9.55 Å². The van der Waals surface area contributed by atoms with Gasteiger partial charge in [-0.2, -0.15) is 4.98 Å². The van der Waals surface area contributed by atoms with Crippen LogP contribution >= 0.6 is 0 Å². The minimum absolute atomic E-state index is 0.0764. The van der Waals surface area contributed by atoms with Gasteiger partial charge in [-0.25, -0.2) is 0 Å². The van der Waals surface area contributed by atoms with Crippen molar-refractivity contribution in [3.05, 3.63) is 12.0 Å². The maximum atomic E-state index is 9.44. The molecule has 4 heteroatoms. The van der Waals surface area contributed by atoms with E-state index in [1.807, 2.05) is 11.6 Å². The van der Waals surface area contributed by atoms with E-state index < -0.39 is 0 Å². The normalized spacial score (nSPS) is 30.6. The summed E-state index contributed by atoms with van der Waals surface area (Å²) in [6.07, 6.45) is 5.90. The molecule has 0 amide bonds. The van der Waals surface area contributed by atoms with Crippen LogP contribution in [0, 0.1) is 5.92 Å². The number of hydrogen-bond acceptors (Lipinski definition) is 3. The van der Waals surface area contributed by atoms with Crippen LogP contribution in [0.5, 0.6) is 5.88 Å². The zero-order chi connectivity index (χ0) is 11.8. The van der Waals surface area contributed by atoms with Crippen molar-refractivity contribution in [3.63, 3.8) is 0 Å². The second kappa shape index (κ2) is 4.09. The lowest BCUT2D eigenvalue weighted by molar-refractivity contribution is -0.0616. The van der Waals surface area contributed by atoms with E-state index in [4.69, 9.17) is 4.74 Å². The minimum atomic E-state index is -0.303. The fraction of sp³-hybridized carbons (Fsp3) is 0.750. The van der Waals surface area contributed by atoms with Gasteiger partial charge in [0.1, 0.15) is 11.4 Å². The first kappa shape index (κ1) is 11.5. The van der Waals surface area contributed by atoms with Crippen LogP contribution in [0.15, 0.2) is 6.20 Å². The molecular formula is C12H20N2O2. The van der Waals surface area contributed by atoms with Gasteiger partial charge in [0.25, 0.3) is 0 Å². The molecule has 0 radical (unpaired) electrons. The summed E-state index contributed by atoms with van der Waals surface area (Å²) in [5, 5.41) is 9.44. The van der Waals surface area contributed by atoms with E-state index in [1.165, 1.54) is 0 Å². The quantitative estimate of drug-likeness (QED) is 0.837. The third-order valence-corrected chi connectivity index (χ3v) is 3.74. The molecule has 0 saturated heterocycles. The minimum Gasteiger partial charge on any atom is -0.492 e. The van der Waals surface area contributed by atoms with Gasteiger partial charge in [-0.1, -0.05) is 6.92 Å². The van der Waals surface area contributed by atoms with Gasteiger partial charge in [0, 0.05) is 14.2 Å². The molecule has 0 aromatic carbocycles. The summed E-state index contributed by atoms with van der Waals surface area (Å²) in [5.41, 5.74) is -0.303. The van der Waals surface area contributed by atoms with Gasteiger partial charge in [-0.05, 0) is 31.6 Å². The van der Waals surface area contributed by atoms with Gasteiger partial charge in [0.05, 0.1) is 6.20 Å². The van der Waals surface area contributed by atoms with Crippen LogP contribution < -0.4 is 0 Å². The number of hydrogen-bond donors (Lipinski definition) is 1. The van der Waals surface area contributed by atoms with Crippen LogP contribution in [0.1, 0.15) is 38.4 Å². The van der Waals surface area contributed by atoms with Gasteiger partial charge >= 0.3 is 0 Å². The van der Waals surface area contributed by atoms with E-state index in [0.717, 1.165) is 37.4 Å². The Kier molecular flexibility index (Phi) is 2.93. The molecule has 1 fully saturated rings. The fourth-order valence-electron chi connectivity index (χ4n) is 2.62. The SMILES string of the molecule is COC1(c2nc(O)cn2C)CCC(C)CC1. The molecule has 0 spiro atoms. The zero-order valence-corrected chi connectivity index (χ0v) is 10.2. The van der Waals surface area contributed by atoms with E-state index in [2.05, 4.69) is 11.9 Å². The Bertz CT molecular complexity index is 365. The second-order valence-electron chi connectivity index (χ2n) is 4.91. The van der Waals surface area contributed by atoms with Crippen molar-refractivity contribution in [1.29, 1.82) is 0 Å². The predicted octanol–water partition coefficient (Wildman–Crippen LogP) is 2.18. The lowest BCUT2D eigenvalue weighted by Crippen LogP contribution is -2.35. The molecule has 1 aliphatic rings. The summed E-state index contributed by atoms with van der Waals surface area (Å²) < 4.78 is 7.58. The highest BCUT2D eigenvalue weighted by atomic mass is 16.5. The highest BCUT2D eigenvalue weighted by Crippen LogP contribution is 2.41. The summed E-state index contributed by atoms with van der Waals surface area (Å²) in [6, 6.07) is 0. The van der Waals surface area contributed by atoms with Gasteiger partial charge in [0.15, 0.2) is 0 Å². The van der Waals surface area contributed by atoms with E-state index in [1.54, 1.807) is 13.3 Å². The molecule has 1 heterocycles. The van der Waals surface area contributed by atoms with E-state index >= 15 is 0 Å². The molecular weight excluding hydrogens is 204 g/mol. The molecule has 0 bridgehead atoms. The molecule has 0 unspecified atom stereocenters. The lowest BCUT2D eigenvalue weighted by atomic mass is 9.79. The van der Waals surface area contributed by atoms with E-state index in [9.17, 15) is 5.11 Å². The van der Waals surface area contributed by atoms with Gasteiger partial charge in [-0.3, -0.25) is 0 Å². The van der Waals surface area contributed by atoms with E-state index in [-0.39, 0.29) is 11.5 Å². The molecule has 1 N–H and O–H groups in total. The van der Waals surface area contributed by atoms with Crippen LogP contribution in [0.4, 0.5) is 0 Å². The van der Waals surface area contributed by atoms with Crippen LogP contribution in [0.25, 0.3) is 0 Å². The number of aryl methyl sites for hydroxylation is 1. The first-order valence-corrected chi connectivity index (χ1v) is 5.85. The Hall–Kier alpha value is -1.03. The molecule has 1 aliphatic carbocycles. The third-order valence-electron chi connectivity index (χ3n) is 3.74. The van der Waals surface area contributed by atoms with Gasteiger partial charge < -0.3 is 14.4 Å². The monoisotopic (exact) mass is 224 g/mol. The average molecular weight is 224 g/mol. The summed E-state index contributed by atoms with van der Waals surface area (Å²) in [7, 11) is 3.64. The van der Waals surface area contributed by atoms with Gasteiger partial charge in [-0.15, -0.1) is 0 Å². The summed E-state index contributed by atoms with van der Waals surface area (Å²) >= 11 is 0. The molecule has 1 aromatic rings. The Balaban J connectivity index is 2.31. The molecule has 0 atom stereocenters. The fourth-order valence-corrected chi connectivity index (χ4v) is 2.62. The zero-order valence-electron chi connectivity index (χ0n) is 10.2. The topological polar surface area (TPSA) is 47.3 Å². The molecule has 0 aliphatic heterocycles. The third kappa shape index (κ3) is 1.82. The Morgan fingerprint density at radius 3 is 2.56 bits per heavy atom. The van der Waals surface area contributed by atoms with Crippen molar-refractivity contribution in [2.24, 2.45) is 13.0 Å². The van der Waals surface area contributed by atoms with Crippen molar-refractivity contribution in [2.45, 2.75) is 38.2 Å². The van der Waals surface area contributed by atoms with Crippen LogP contribution in [-0.2, 0) is 17.4 Å². The second-order valence-corrected chi connectivity index (χ2v) is 4.91. The first-order chi connectivity index (χ1) is 7.57. The standard InChI is InChI=1S/C12H20N2O2/c1-9-4-6-12(16-3,7-5-9)11-13-10(15)8-14(11)2/h8-9,15H,4-7H2,1-3H3. The van der Waals surface area contributed by atoms with Crippen molar-refractivity contribution in [3.8, 4) is 5.88 Å². The number of rotatable bonds is 2. The number of imidazole rings is 1. The molecule has 1 aromatic heterocycles. The van der Waals surface area contributed by atoms with Crippen molar-refractivity contribution in [2.75, 3.05) is 7.11 Å². The lowest BCUT2D eigenvalue weighted by Gasteiger charge is -2.37. The number of aromatic hydroxyl groups is 1. The Morgan fingerprint density at radius 2 is 2.12 bits per heavy atom. The van der Waals surface area contributed by atoms with Crippen LogP contribution in [0.3, 0.4) is 0 Å². The molecule has 16 heavy (non-hydrogen) atoms. The Morgan fingerprint density at radius 1 is 1.50 bits per heavy atom. The van der Waals surface area contributed by atoms with Crippen molar-refractivity contribution >= 4 is 0 Å². The number of ether oxygens (including phenoxy) is 1. The highest BCUT2D eigenvalue weighted by Gasteiger charge is 2.39. The molecule has 2 rings (SSSR count). The first-order valence-electron chi connectivity index (χ1n) is 5.85. The van der Waals surface area contributed by atoms with Crippen molar-refractivity contribution < 1.29 is 9.84 Å². The number of methoxy groups -OCH3 is 1. The van der Waals surface area contributed by atoms with Gasteiger partial charge in [0.2, 0.25) is 5.88 Å². The van der Waals surface area contributed by atoms with Crippen LogP contribution in [0.2, 0.25) is 0 Å². The maximum Gasteiger partial charge on any atom is 0.229 e. The molecule has 90 valence electrons. The van der Waals surface area contributed by atoms with Crippen LogP contribution in [-0.4, -0.2) is 21.8 Å². The van der Waals surface area contributed by atoms with E-state index in [0.29, 0.717) is 0 Å². The summed E-state index contributed by atoms with van der Waals surface area (Å²) in [6.45, 7) is 2.27.